The van der Waals surface area contributed by atoms with Gasteiger partial charge >= 0.3 is 0 Å². The predicted octanol–water partition coefficient (Wildman–Crippen LogP) is 14.8. The quantitative estimate of drug-likeness (QED) is 0.196. The zero-order valence-corrected chi connectivity index (χ0v) is 29.4. The molecule has 3 heteroatoms. The molecule has 0 unspecified atom stereocenters. The number of fused-ring (bicyclic) bond motifs is 6. The highest BCUT2D eigenvalue weighted by molar-refractivity contribution is 7.26. The van der Waals surface area contributed by atoms with Gasteiger partial charge in [-0.05, 0) is 88.3 Å². The molecule has 0 radical (unpaired) electrons. The number of benzene rings is 8. The molecule has 9 aromatic rings. The Bertz CT molecular complexity index is 2690. The van der Waals surface area contributed by atoms with Gasteiger partial charge in [-0.3, -0.25) is 0 Å². The van der Waals surface area contributed by atoms with E-state index < -0.39 is 0 Å². The zero-order valence-electron chi connectivity index (χ0n) is 28.6. The van der Waals surface area contributed by atoms with Crippen LogP contribution in [0.15, 0.2) is 176 Å². The lowest BCUT2D eigenvalue weighted by molar-refractivity contribution is 1.28. The maximum Gasteiger partial charge on any atom is 0.0470 e. The van der Waals surface area contributed by atoms with Gasteiger partial charge in [-0.25, -0.2) is 0 Å². The molecule has 2 heterocycles. The summed E-state index contributed by atoms with van der Waals surface area (Å²) in [6.07, 6.45) is 0. The molecule has 0 saturated carbocycles. The van der Waals surface area contributed by atoms with E-state index in [4.69, 9.17) is 0 Å². The van der Waals surface area contributed by atoms with E-state index >= 15 is 0 Å². The highest BCUT2D eigenvalue weighted by atomic mass is 32.1. The van der Waals surface area contributed by atoms with Crippen molar-refractivity contribution in [2.75, 3.05) is 10.2 Å². The van der Waals surface area contributed by atoms with Crippen molar-refractivity contribution in [1.29, 1.82) is 0 Å². The molecule has 0 atom stereocenters. The van der Waals surface area contributed by atoms with Gasteiger partial charge in [0.05, 0.1) is 0 Å². The first-order chi connectivity index (χ1) is 25.3. The number of nitrogens with zero attached hydrogens (tertiary/aromatic N) is 1. The molecule has 1 aliphatic rings. The average molecular weight is 673 g/mol. The highest BCUT2D eigenvalue weighted by Crippen LogP contribution is 2.51. The summed E-state index contributed by atoms with van der Waals surface area (Å²) >= 11 is 1.89. The first-order valence-electron chi connectivity index (χ1n) is 17.7. The molecule has 1 aliphatic heterocycles. The van der Waals surface area contributed by atoms with E-state index in [0.717, 1.165) is 17.1 Å². The summed E-state index contributed by atoms with van der Waals surface area (Å²) in [4.78, 5) is 2.35. The number of hydrogen-bond acceptors (Lipinski definition) is 3. The maximum absolute atomic E-state index is 3.69. The molecule has 1 aromatic heterocycles. The van der Waals surface area contributed by atoms with Crippen molar-refractivity contribution < 1.29 is 0 Å². The Labute approximate surface area is 302 Å². The lowest BCUT2D eigenvalue weighted by Crippen LogP contribution is -2.10. The second-order valence-electron chi connectivity index (χ2n) is 12.6. The van der Waals surface area contributed by atoms with E-state index in [1.54, 1.807) is 0 Å². The van der Waals surface area contributed by atoms with Crippen LogP contribution < -0.4 is 10.2 Å². The molecule has 0 spiro atoms. The van der Waals surface area contributed by atoms with Crippen molar-refractivity contribution in [2.45, 2.75) is 13.8 Å². The molecule has 0 bridgehead atoms. The third-order valence-corrected chi connectivity index (χ3v) is 10.8. The van der Waals surface area contributed by atoms with E-state index in [1.807, 2.05) is 25.2 Å². The normalized spacial score (nSPS) is 11.5. The first kappa shape index (κ1) is 30.9. The number of rotatable bonds is 5. The van der Waals surface area contributed by atoms with Crippen LogP contribution in [0.3, 0.4) is 0 Å². The van der Waals surface area contributed by atoms with Gasteiger partial charge in [-0.2, -0.15) is 0 Å². The second kappa shape index (κ2) is 12.9. The molecule has 10 rings (SSSR count). The van der Waals surface area contributed by atoms with Crippen LogP contribution in [0.2, 0.25) is 0 Å². The van der Waals surface area contributed by atoms with Gasteiger partial charge in [0.25, 0.3) is 0 Å². The van der Waals surface area contributed by atoms with Gasteiger partial charge in [0.1, 0.15) is 0 Å². The van der Waals surface area contributed by atoms with Crippen LogP contribution in [-0.2, 0) is 0 Å². The minimum Gasteiger partial charge on any atom is -0.354 e. The molecule has 51 heavy (non-hydrogen) atoms. The van der Waals surface area contributed by atoms with Crippen LogP contribution in [0.4, 0.5) is 28.4 Å². The van der Waals surface area contributed by atoms with E-state index in [2.05, 4.69) is 186 Å². The molecular formula is C48H36N2S. The molecule has 1 N–H and O–H groups in total. The third-order valence-electron chi connectivity index (χ3n) is 9.73. The fraction of sp³-hybridized carbons (Fsp3) is 0.0417. The molecule has 2 nitrogen and oxygen atoms in total. The van der Waals surface area contributed by atoms with Crippen LogP contribution in [0, 0.1) is 0 Å². The Morgan fingerprint density at radius 3 is 1.78 bits per heavy atom. The van der Waals surface area contributed by atoms with Gasteiger partial charge in [0.15, 0.2) is 0 Å². The molecule has 244 valence electrons. The summed E-state index contributed by atoms with van der Waals surface area (Å²) in [6, 6.07) is 63.7. The summed E-state index contributed by atoms with van der Waals surface area (Å²) < 4.78 is 2.63. The molecule has 0 amide bonds. The standard InChI is InChI=1S/C46H30N2S.C2H6/c1-3-12-30(13-4-1)31-14-9-19-36(26-31)48(35-17-5-2-6-18-35)37-20-10-15-32(27-37)33-24-25-39-42(28-33)49-43-29-34-16-11-23-41-44(34)46(45(39)43)38-21-7-8-22-40(38)47-41;1-2/h1-29,47H;1-2H3. The Hall–Kier alpha value is -6.16. The minimum atomic E-state index is 1.12. The Balaban J connectivity index is 0.00000171. The van der Waals surface area contributed by atoms with Crippen molar-refractivity contribution >= 4 is 70.7 Å². The van der Waals surface area contributed by atoms with E-state index in [9.17, 15) is 0 Å². The first-order valence-corrected chi connectivity index (χ1v) is 18.5. The van der Waals surface area contributed by atoms with Crippen molar-refractivity contribution in [3.63, 3.8) is 0 Å². The lowest BCUT2D eigenvalue weighted by atomic mass is 9.89. The second-order valence-corrected chi connectivity index (χ2v) is 13.7. The van der Waals surface area contributed by atoms with Crippen LogP contribution >= 0.6 is 11.3 Å². The number of para-hydroxylation sites is 2. The largest absolute Gasteiger partial charge is 0.354 e. The van der Waals surface area contributed by atoms with Gasteiger partial charge in [-0.1, -0.05) is 129 Å². The lowest BCUT2D eigenvalue weighted by Gasteiger charge is -2.26. The van der Waals surface area contributed by atoms with Crippen molar-refractivity contribution in [1.82, 2.24) is 0 Å². The minimum absolute atomic E-state index is 1.12. The van der Waals surface area contributed by atoms with Gasteiger partial charge in [0.2, 0.25) is 0 Å². The number of anilines is 5. The van der Waals surface area contributed by atoms with Gasteiger partial charge < -0.3 is 10.2 Å². The predicted molar refractivity (Wildman–Crippen MR) is 222 cm³/mol. The fourth-order valence-electron chi connectivity index (χ4n) is 7.52. The molecule has 0 aliphatic carbocycles. The average Bonchev–Trinajstić information content (AvgIpc) is 3.57. The Kier molecular flexibility index (Phi) is 7.83. The summed E-state index contributed by atoms with van der Waals surface area (Å²) in [6.45, 7) is 4.00. The summed E-state index contributed by atoms with van der Waals surface area (Å²) in [5.41, 5.74) is 13.1. The molecule has 8 aromatic carbocycles. The van der Waals surface area contributed by atoms with Crippen LogP contribution in [0.1, 0.15) is 13.8 Å². The number of nitrogens with one attached hydrogen (secondary N) is 1. The number of hydrogen-bond donors (Lipinski definition) is 1. The fourth-order valence-corrected chi connectivity index (χ4v) is 8.73. The molecule has 0 fully saturated rings. The van der Waals surface area contributed by atoms with E-state index in [1.165, 1.54) is 75.7 Å². The topological polar surface area (TPSA) is 15.3 Å². The Morgan fingerprint density at radius 2 is 1.02 bits per heavy atom. The van der Waals surface area contributed by atoms with Crippen molar-refractivity contribution in [2.24, 2.45) is 0 Å². The maximum atomic E-state index is 3.69. The van der Waals surface area contributed by atoms with Crippen molar-refractivity contribution in [3.05, 3.63) is 176 Å². The molecule has 0 saturated heterocycles. The summed E-state index contributed by atoms with van der Waals surface area (Å²) in [5.74, 6) is 0. The van der Waals surface area contributed by atoms with Gasteiger partial charge in [0, 0.05) is 65.1 Å². The number of thiophene rings is 1. The monoisotopic (exact) mass is 672 g/mol. The van der Waals surface area contributed by atoms with Crippen LogP contribution in [0.25, 0.3) is 64.3 Å². The van der Waals surface area contributed by atoms with E-state index in [0.29, 0.717) is 0 Å². The Morgan fingerprint density at radius 1 is 0.431 bits per heavy atom. The van der Waals surface area contributed by atoms with Gasteiger partial charge in [-0.15, -0.1) is 11.3 Å². The summed E-state index contributed by atoms with van der Waals surface area (Å²) in [7, 11) is 0. The van der Waals surface area contributed by atoms with Crippen molar-refractivity contribution in [3.8, 4) is 33.4 Å². The smallest absolute Gasteiger partial charge is 0.0470 e. The third kappa shape index (κ3) is 5.34. The molecular weight excluding hydrogens is 637 g/mol. The highest BCUT2D eigenvalue weighted by Gasteiger charge is 2.23. The van der Waals surface area contributed by atoms with E-state index in [-0.39, 0.29) is 0 Å². The SMILES string of the molecule is CC.c1ccc(-c2cccc(N(c3ccccc3)c3cccc(-c4ccc5c(c4)sc4cc6cccc7c6c(c45)-c4ccccc4N7)c3)c2)cc1. The summed E-state index contributed by atoms with van der Waals surface area (Å²) in [5, 5.41) is 8.94. The zero-order chi connectivity index (χ0) is 34.3. The van der Waals surface area contributed by atoms with Crippen LogP contribution in [0.5, 0.6) is 0 Å². The van der Waals surface area contributed by atoms with Crippen LogP contribution in [-0.4, -0.2) is 0 Å².